The van der Waals surface area contributed by atoms with Gasteiger partial charge in [-0.15, -0.1) is 11.8 Å². The Morgan fingerprint density at radius 2 is 1.75 bits per heavy atom. The molecular formula is C19H20O4S. The summed E-state index contributed by atoms with van der Waals surface area (Å²) < 4.78 is 11.2. The van der Waals surface area contributed by atoms with E-state index >= 15 is 0 Å². The van der Waals surface area contributed by atoms with Gasteiger partial charge >= 0.3 is 5.97 Å². The van der Waals surface area contributed by atoms with Gasteiger partial charge in [0.15, 0.2) is 0 Å². The van der Waals surface area contributed by atoms with Gasteiger partial charge < -0.3 is 14.6 Å². The molecule has 126 valence electrons. The highest BCUT2D eigenvalue weighted by Gasteiger charge is 2.35. The normalized spacial score (nSPS) is 23.1. The van der Waals surface area contributed by atoms with Crippen molar-refractivity contribution in [3.8, 4) is 0 Å². The second-order valence-corrected chi connectivity index (χ2v) is 7.11. The minimum Gasteiger partial charge on any atom is -0.461 e. The lowest BCUT2D eigenvalue weighted by Crippen LogP contribution is -2.21. The molecule has 0 spiro atoms. The third kappa shape index (κ3) is 4.60. The number of ether oxygens (including phenoxy) is 2. The van der Waals surface area contributed by atoms with E-state index in [4.69, 9.17) is 9.47 Å². The molecule has 2 aromatic rings. The molecule has 3 rings (SSSR count). The van der Waals surface area contributed by atoms with Crippen LogP contribution in [-0.2, 0) is 16.1 Å². The van der Waals surface area contributed by atoms with E-state index in [9.17, 15) is 9.90 Å². The summed E-state index contributed by atoms with van der Waals surface area (Å²) in [5.74, 6) is -0.334. The molecule has 1 saturated heterocycles. The summed E-state index contributed by atoms with van der Waals surface area (Å²) in [5.41, 5.74) is 1.03. The number of hydrogen-bond acceptors (Lipinski definition) is 5. The van der Waals surface area contributed by atoms with Crippen molar-refractivity contribution >= 4 is 17.7 Å². The quantitative estimate of drug-likeness (QED) is 0.815. The van der Waals surface area contributed by atoms with Gasteiger partial charge in [0.2, 0.25) is 0 Å². The van der Waals surface area contributed by atoms with E-state index in [-0.39, 0.29) is 23.9 Å². The molecule has 1 aliphatic heterocycles. The molecule has 24 heavy (non-hydrogen) atoms. The monoisotopic (exact) mass is 344 g/mol. The smallest absolute Gasteiger partial charge is 0.338 e. The van der Waals surface area contributed by atoms with Crippen LogP contribution >= 0.6 is 11.8 Å². The fourth-order valence-corrected chi connectivity index (χ4v) is 3.78. The molecule has 0 amide bonds. The van der Waals surface area contributed by atoms with Crippen molar-refractivity contribution in [3.05, 3.63) is 71.8 Å². The fourth-order valence-electron chi connectivity index (χ4n) is 2.58. The number of thioether (sulfide) groups is 1. The SMILES string of the molecule is O=C(OC[C@@H]1C[C@H](OCc2ccccc2)C(O)S1)c1ccccc1. The molecule has 4 nitrogen and oxygen atoms in total. The summed E-state index contributed by atoms with van der Waals surface area (Å²) in [6.07, 6.45) is 0.427. The lowest BCUT2D eigenvalue weighted by molar-refractivity contribution is -0.0100. The van der Waals surface area contributed by atoms with Crippen LogP contribution in [0, 0.1) is 0 Å². The van der Waals surface area contributed by atoms with Crippen LogP contribution in [0.4, 0.5) is 0 Å². The standard InChI is InChI=1S/C19H20O4S/c20-18(15-9-5-2-6-10-15)23-13-16-11-17(19(21)24-16)22-12-14-7-3-1-4-8-14/h1-10,16-17,19,21H,11-13H2/t16-,17-,19?/m0/s1. The van der Waals surface area contributed by atoms with Crippen LogP contribution in [0.15, 0.2) is 60.7 Å². The first-order chi connectivity index (χ1) is 11.7. The number of benzene rings is 2. The molecular weight excluding hydrogens is 324 g/mol. The zero-order valence-electron chi connectivity index (χ0n) is 13.2. The van der Waals surface area contributed by atoms with Gasteiger partial charge in [0.05, 0.1) is 18.3 Å². The third-order valence-electron chi connectivity index (χ3n) is 3.86. The van der Waals surface area contributed by atoms with Crippen LogP contribution in [0.3, 0.4) is 0 Å². The van der Waals surface area contributed by atoms with E-state index in [1.165, 1.54) is 11.8 Å². The number of esters is 1. The molecule has 1 unspecified atom stereocenters. The maximum atomic E-state index is 11.9. The summed E-state index contributed by atoms with van der Waals surface area (Å²) in [7, 11) is 0. The summed E-state index contributed by atoms with van der Waals surface area (Å²) >= 11 is 1.40. The highest BCUT2D eigenvalue weighted by Crippen LogP contribution is 2.35. The molecule has 1 fully saturated rings. The summed E-state index contributed by atoms with van der Waals surface area (Å²) in [5, 5.41) is 10.2. The van der Waals surface area contributed by atoms with Gasteiger partial charge in [0, 0.05) is 5.25 Å². The lowest BCUT2D eigenvalue weighted by atomic mass is 10.2. The highest BCUT2D eigenvalue weighted by molar-refractivity contribution is 8.00. The van der Waals surface area contributed by atoms with Gasteiger partial charge in [-0.25, -0.2) is 4.79 Å². The number of carbonyl (C=O) groups is 1. The van der Waals surface area contributed by atoms with Gasteiger partial charge in [-0.05, 0) is 24.1 Å². The van der Waals surface area contributed by atoms with Crippen LogP contribution in [0.5, 0.6) is 0 Å². The number of carbonyl (C=O) groups excluding carboxylic acids is 1. The molecule has 0 aliphatic carbocycles. The predicted molar refractivity (Wildman–Crippen MR) is 93.7 cm³/mol. The van der Waals surface area contributed by atoms with E-state index in [2.05, 4.69) is 0 Å². The van der Waals surface area contributed by atoms with Gasteiger partial charge in [-0.3, -0.25) is 0 Å². The van der Waals surface area contributed by atoms with Crippen molar-refractivity contribution in [2.75, 3.05) is 6.61 Å². The van der Waals surface area contributed by atoms with E-state index in [0.29, 0.717) is 18.6 Å². The minimum absolute atomic E-state index is 0.0495. The first-order valence-corrected chi connectivity index (χ1v) is 8.88. The predicted octanol–water partition coefficient (Wildman–Crippen LogP) is 3.25. The molecule has 0 saturated carbocycles. The van der Waals surface area contributed by atoms with Gasteiger partial charge in [-0.1, -0.05) is 48.5 Å². The van der Waals surface area contributed by atoms with Gasteiger partial charge in [0.1, 0.15) is 12.0 Å². The topological polar surface area (TPSA) is 55.8 Å². The average Bonchev–Trinajstić information content (AvgIpc) is 2.99. The van der Waals surface area contributed by atoms with E-state index in [1.54, 1.807) is 24.3 Å². The van der Waals surface area contributed by atoms with Gasteiger partial charge in [0.25, 0.3) is 0 Å². The van der Waals surface area contributed by atoms with Crippen molar-refractivity contribution in [2.24, 2.45) is 0 Å². The molecule has 0 aromatic heterocycles. The summed E-state index contributed by atoms with van der Waals surface area (Å²) in [6.45, 7) is 0.750. The number of hydrogen-bond donors (Lipinski definition) is 1. The summed E-state index contributed by atoms with van der Waals surface area (Å²) in [6, 6.07) is 18.8. The van der Waals surface area contributed by atoms with E-state index in [0.717, 1.165) is 5.56 Å². The Hall–Kier alpha value is -1.82. The Kier molecular flexibility index (Phi) is 5.91. The van der Waals surface area contributed by atoms with Crippen LogP contribution < -0.4 is 0 Å². The van der Waals surface area contributed by atoms with Crippen molar-refractivity contribution < 1.29 is 19.4 Å². The van der Waals surface area contributed by atoms with Crippen LogP contribution in [0.2, 0.25) is 0 Å². The van der Waals surface area contributed by atoms with Crippen LogP contribution in [0.25, 0.3) is 0 Å². The van der Waals surface area contributed by atoms with Crippen molar-refractivity contribution in [3.63, 3.8) is 0 Å². The molecule has 0 bridgehead atoms. The second-order valence-electron chi connectivity index (χ2n) is 5.68. The molecule has 2 aromatic carbocycles. The Morgan fingerprint density at radius 1 is 1.08 bits per heavy atom. The van der Waals surface area contributed by atoms with E-state index in [1.807, 2.05) is 36.4 Å². The number of rotatable bonds is 6. The maximum absolute atomic E-state index is 11.9. The first kappa shape index (κ1) is 17.0. The fraction of sp³-hybridized carbons (Fsp3) is 0.316. The number of aliphatic hydroxyl groups is 1. The highest BCUT2D eigenvalue weighted by atomic mass is 32.2. The molecule has 1 aliphatic rings. The van der Waals surface area contributed by atoms with Crippen LogP contribution in [0.1, 0.15) is 22.3 Å². The van der Waals surface area contributed by atoms with Crippen molar-refractivity contribution in [1.29, 1.82) is 0 Å². The molecule has 1 N–H and O–H groups in total. The zero-order valence-corrected chi connectivity index (χ0v) is 14.0. The maximum Gasteiger partial charge on any atom is 0.338 e. The average molecular weight is 344 g/mol. The zero-order chi connectivity index (χ0) is 16.8. The lowest BCUT2D eigenvalue weighted by Gasteiger charge is -2.14. The largest absolute Gasteiger partial charge is 0.461 e. The summed E-state index contributed by atoms with van der Waals surface area (Å²) in [4.78, 5) is 11.9. The third-order valence-corrected chi connectivity index (χ3v) is 5.16. The molecule has 5 heteroatoms. The Balaban J connectivity index is 1.44. The van der Waals surface area contributed by atoms with Crippen molar-refractivity contribution in [2.45, 2.75) is 29.8 Å². The first-order valence-electron chi connectivity index (χ1n) is 7.93. The molecule has 1 heterocycles. The molecule has 0 radical (unpaired) electrons. The van der Waals surface area contributed by atoms with Crippen molar-refractivity contribution in [1.82, 2.24) is 0 Å². The molecule has 3 atom stereocenters. The Morgan fingerprint density at radius 3 is 2.46 bits per heavy atom. The van der Waals surface area contributed by atoms with E-state index < -0.39 is 5.44 Å². The Labute approximate surface area is 145 Å². The Bertz CT molecular complexity index is 647. The minimum atomic E-state index is -0.589. The van der Waals surface area contributed by atoms with Crippen LogP contribution in [-0.4, -0.2) is 34.5 Å². The second kappa shape index (κ2) is 8.33. The number of aliphatic hydroxyl groups excluding tert-OH is 1. The van der Waals surface area contributed by atoms with Gasteiger partial charge in [-0.2, -0.15) is 0 Å².